The third-order valence-electron chi connectivity index (χ3n) is 3.85. The number of sulfonamides is 1. The van der Waals surface area contributed by atoms with Crippen molar-refractivity contribution < 1.29 is 22.0 Å². The van der Waals surface area contributed by atoms with Crippen LogP contribution in [-0.4, -0.2) is 20.1 Å². The Hall–Kier alpha value is -1.93. The fraction of sp³-hybridized carbons (Fsp3) is 0.235. The molecule has 132 valence electrons. The van der Waals surface area contributed by atoms with E-state index in [0.717, 1.165) is 29.7 Å². The SMILES string of the molecule is O=C(NS(=O)(=O)Cc1ccc(F)cc1F)[C@@H]1SCCc2ccccc21. The molecule has 0 aromatic heterocycles. The molecule has 1 amide bonds. The van der Waals surface area contributed by atoms with Crippen LogP contribution in [0.2, 0.25) is 0 Å². The van der Waals surface area contributed by atoms with Crippen molar-refractivity contribution in [2.45, 2.75) is 17.4 Å². The van der Waals surface area contributed by atoms with E-state index in [1.54, 1.807) is 12.1 Å². The summed E-state index contributed by atoms with van der Waals surface area (Å²) in [5, 5.41) is -0.627. The number of fused-ring (bicyclic) bond motifs is 1. The van der Waals surface area contributed by atoms with Gasteiger partial charge in [0.1, 0.15) is 16.9 Å². The molecule has 0 saturated carbocycles. The molecule has 0 radical (unpaired) electrons. The van der Waals surface area contributed by atoms with Gasteiger partial charge in [0.25, 0.3) is 5.91 Å². The van der Waals surface area contributed by atoms with Crippen LogP contribution in [0.25, 0.3) is 0 Å². The van der Waals surface area contributed by atoms with E-state index in [1.807, 2.05) is 16.9 Å². The predicted molar refractivity (Wildman–Crippen MR) is 92.5 cm³/mol. The summed E-state index contributed by atoms with van der Waals surface area (Å²) in [6, 6.07) is 10.0. The van der Waals surface area contributed by atoms with Crippen LogP contribution in [0, 0.1) is 11.6 Å². The summed E-state index contributed by atoms with van der Waals surface area (Å²) in [4.78, 5) is 12.4. The fourth-order valence-corrected chi connectivity index (χ4v) is 5.11. The molecule has 0 bridgehead atoms. The highest BCUT2D eigenvalue weighted by atomic mass is 32.2. The normalized spacial score (nSPS) is 17.0. The quantitative estimate of drug-likeness (QED) is 0.882. The number of nitrogens with one attached hydrogen (secondary N) is 1. The summed E-state index contributed by atoms with van der Waals surface area (Å²) < 4.78 is 53.0. The van der Waals surface area contributed by atoms with Crippen LogP contribution in [0.5, 0.6) is 0 Å². The minimum Gasteiger partial charge on any atom is -0.272 e. The number of halogens is 2. The van der Waals surface area contributed by atoms with Crippen LogP contribution < -0.4 is 4.72 Å². The molecular formula is C17H15F2NO3S2. The Morgan fingerprint density at radius 1 is 1.20 bits per heavy atom. The monoisotopic (exact) mass is 383 g/mol. The summed E-state index contributed by atoms with van der Waals surface area (Å²) in [5.41, 5.74) is 1.61. The fourth-order valence-electron chi connectivity index (χ4n) is 2.70. The lowest BCUT2D eigenvalue weighted by molar-refractivity contribution is -0.118. The molecule has 8 heteroatoms. The molecule has 1 atom stereocenters. The number of aryl methyl sites for hydroxylation is 1. The zero-order valence-corrected chi connectivity index (χ0v) is 14.7. The highest BCUT2D eigenvalue weighted by molar-refractivity contribution is 8.00. The molecule has 4 nitrogen and oxygen atoms in total. The van der Waals surface area contributed by atoms with E-state index >= 15 is 0 Å². The first-order chi connectivity index (χ1) is 11.9. The molecule has 0 spiro atoms. The average Bonchev–Trinajstić information content (AvgIpc) is 2.56. The van der Waals surface area contributed by atoms with Gasteiger partial charge in [-0.1, -0.05) is 30.3 Å². The summed E-state index contributed by atoms with van der Waals surface area (Å²) >= 11 is 1.37. The van der Waals surface area contributed by atoms with E-state index in [9.17, 15) is 22.0 Å². The Morgan fingerprint density at radius 2 is 1.96 bits per heavy atom. The molecule has 0 aliphatic carbocycles. The van der Waals surface area contributed by atoms with Crippen molar-refractivity contribution in [2.24, 2.45) is 0 Å². The number of carbonyl (C=O) groups excluding carboxylic acids is 1. The molecule has 0 saturated heterocycles. The van der Waals surface area contributed by atoms with Gasteiger partial charge in [0.05, 0.1) is 5.75 Å². The average molecular weight is 383 g/mol. The van der Waals surface area contributed by atoms with Crippen molar-refractivity contribution in [3.05, 3.63) is 70.8 Å². The molecule has 0 unspecified atom stereocenters. The Kier molecular flexibility index (Phi) is 5.10. The third kappa shape index (κ3) is 4.19. The maximum absolute atomic E-state index is 13.6. The van der Waals surface area contributed by atoms with Crippen molar-refractivity contribution in [3.8, 4) is 0 Å². The molecule has 0 fully saturated rings. The summed E-state index contributed by atoms with van der Waals surface area (Å²) in [7, 11) is -4.10. The smallest absolute Gasteiger partial charge is 0.251 e. The summed E-state index contributed by atoms with van der Waals surface area (Å²) in [6.07, 6.45) is 0.818. The first-order valence-electron chi connectivity index (χ1n) is 7.53. The van der Waals surface area contributed by atoms with Gasteiger partial charge in [0.2, 0.25) is 10.0 Å². The lowest BCUT2D eigenvalue weighted by Crippen LogP contribution is -2.35. The maximum atomic E-state index is 13.6. The lowest BCUT2D eigenvalue weighted by Gasteiger charge is -2.24. The van der Waals surface area contributed by atoms with Crippen LogP contribution in [-0.2, 0) is 27.0 Å². The number of amides is 1. The van der Waals surface area contributed by atoms with E-state index < -0.39 is 38.6 Å². The molecule has 1 heterocycles. The predicted octanol–water partition coefficient (Wildman–Crippen LogP) is 2.94. The van der Waals surface area contributed by atoms with E-state index in [0.29, 0.717) is 11.8 Å². The van der Waals surface area contributed by atoms with E-state index in [2.05, 4.69) is 0 Å². The molecule has 1 N–H and O–H groups in total. The van der Waals surface area contributed by atoms with Crippen molar-refractivity contribution in [2.75, 3.05) is 5.75 Å². The van der Waals surface area contributed by atoms with Crippen molar-refractivity contribution in [1.29, 1.82) is 0 Å². The number of rotatable bonds is 4. The Morgan fingerprint density at radius 3 is 2.72 bits per heavy atom. The van der Waals surface area contributed by atoms with Crippen LogP contribution in [0.4, 0.5) is 8.78 Å². The standard InChI is InChI=1S/C17H15F2NO3S2/c18-13-6-5-12(15(19)9-13)10-25(22,23)20-17(21)16-14-4-2-1-3-11(14)7-8-24-16/h1-6,9,16H,7-8,10H2,(H,20,21)/t16-/m1/s1. The number of hydrogen-bond acceptors (Lipinski definition) is 4. The highest BCUT2D eigenvalue weighted by Crippen LogP contribution is 2.36. The number of carbonyl (C=O) groups is 1. The zero-order valence-electron chi connectivity index (χ0n) is 13.0. The van der Waals surface area contributed by atoms with Gasteiger partial charge in [-0.2, -0.15) is 0 Å². The van der Waals surface area contributed by atoms with E-state index in [-0.39, 0.29) is 5.56 Å². The van der Waals surface area contributed by atoms with E-state index in [1.165, 1.54) is 11.8 Å². The minimum atomic E-state index is -4.10. The minimum absolute atomic E-state index is 0.196. The van der Waals surface area contributed by atoms with Crippen LogP contribution in [0.1, 0.15) is 21.9 Å². The molecule has 25 heavy (non-hydrogen) atoms. The number of benzene rings is 2. The number of hydrogen-bond donors (Lipinski definition) is 1. The number of thioether (sulfide) groups is 1. The van der Waals surface area contributed by atoms with Gasteiger partial charge in [-0.3, -0.25) is 9.52 Å². The molecular weight excluding hydrogens is 368 g/mol. The maximum Gasteiger partial charge on any atom is 0.251 e. The topological polar surface area (TPSA) is 63.2 Å². The summed E-state index contributed by atoms with van der Waals surface area (Å²) in [5.74, 6) is -2.43. The van der Waals surface area contributed by atoms with Crippen molar-refractivity contribution in [1.82, 2.24) is 4.72 Å². The first kappa shape index (κ1) is 17.9. The van der Waals surface area contributed by atoms with Gasteiger partial charge in [-0.25, -0.2) is 17.2 Å². The van der Waals surface area contributed by atoms with Gasteiger partial charge in [0, 0.05) is 11.6 Å². The second-order valence-corrected chi connectivity index (χ2v) is 8.60. The van der Waals surface area contributed by atoms with Gasteiger partial charge in [0.15, 0.2) is 0 Å². The zero-order chi connectivity index (χ0) is 18.0. The van der Waals surface area contributed by atoms with E-state index in [4.69, 9.17) is 0 Å². The van der Waals surface area contributed by atoms with Crippen LogP contribution in [0.15, 0.2) is 42.5 Å². The third-order valence-corrected chi connectivity index (χ3v) is 6.29. The second-order valence-electron chi connectivity index (χ2n) is 5.66. The highest BCUT2D eigenvalue weighted by Gasteiger charge is 2.29. The molecule has 1 aliphatic heterocycles. The lowest BCUT2D eigenvalue weighted by atomic mass is 10.0. The van der Waals surface area contributed by atoms with Gasteiger partial charge >= 0.3 is 0 Å². The van der Waals surface area contributed by atoms with Crippen LogP contribution >= 0.6 is 11.8 Å². The molecule has 3 rings (SSSR count). The van der Waals surface area contributed by atoms with Crippen molar-refractivity contribution in [3.63, 3.8) is 0 Å². The van der Waals surface area contributed by atoms with Gasteiger partial charge in [-0.15, -0.1) is 11.8 Å². The Bertz CT molecular complexity index is 916. The van der Waals surface area contributed by atoms with Crippen molar-refractivity contribution >= 4 is 27.7 Å². The molecule has 2 aromatic rings. The van der Waals surface area contributed by atoms with Crippen LogP contribution in [0.3, 0.4) is 0 Å². The molecule has 2 aromatic carbocycles. The summed E-state index contributed by atoms with van der Waals surface area (Å²) in [6.45, 7) is 0. The second kappa shape index (κ2) is 7.13. The van der Waals surface area contributed by atoms with Gasteiger partial charge < -0.3 is 0 Å². The largest absolute Gasteiger partial charge is 0.272 e. The van der Waals surface area contributed by atoms with Gasteiger partial charge in [-0.05, 0) is 29.4 Å². The Balaban J connectivity index is 1.76. The first-order valence-corrected chi connectivity index (χ1v) is 10.2. The Labute approximate surface area is 148 Å². The molecule has 1 aliphatic rings.